The molecule has 2 rings (SSSR count). The van der Waals surface area contributed by atoms with E-state index in [-0.39, 0.29) is 29.4 Å². The van der Waals surface area contributed by atoms with Gasteiger partial charge in [-0.2, -0.15) is 8.78 Å². The first-order chi connectivity index (χ1) is 12.8. The number of carbonyl (C=O) groups is 1. The smallest absolute Gasteiger partial charge is 0.387 e. The molecule has 2 aromatic carbocycles. The average Bonchev–Trinajstić information content (AvgIpc) is 2.65. The van der Waals surface area contributed by atoms with Gasteiger partial charge in [-0.15, -0.1) is 0 Å². The van der Waals surface area contributed by atoms with Crippen LogP contribution in [0.2, 0.25) is 0 Å². The van der Waals surface area contributed by atoms with E-state index >= 15 is 0 Å². The van der Waals surface area contributed by atoms with Gasteiger partial charge >= 0.3 is 6.61 Å². The molecule has 0 aliphatic heterocycles. The predicted octanol–water partition coefficient (Wildman–Crippen LogP) is 4.99. The van der Waals surface area contributed by atoms with Crippen molar-refractivity contribution in [2.24, 2.45) is 5.92 Å². The number of methoxy groups -OCH3 is 1. The molecule has 0 spiro atoms. The summed E-state index contributed by atoms with van der Waals surface area (Å²) in [5.74, 6) is -0.170. The largest absolute Gasteiger partial charge is 0.493 e. The zero-order chi connectivity index (χ0) is 20.0. The number of carbonyl (C=O) groups excluding carboxylic acids is 1. The van der Waals surface area contributed by atoms with Crippen molar-refractivity contribution in [2.75, 3.05) is 7.11 Å². The maximum absolute atomic E-state index is 12.7. The van der Waals surface area contributed by atoms with Crippen LogP contribution in [-0.2, 0) is 6.42 Å². The Morgan fingerprint density at radius 3 is 2.26 bits per heavy atom. The van der Waals surface area contributed by atoms with Gasteiger partial charge in [0, 0.05) is 5.56 Å². The lowest BCUT2D eigenvalue weighted by Gasteiger charge is -2.23. The van der Waals surface area contributed by atoms with E-state index in [1.54, 1.807) is 0 Å². The Morgan fingerprint density at radius 2 is 1.74 bits per heavy atom. The molecule has 2 aromatic rings. The van der Waals surface area contributed by atoms with Crippen LogP contribution < -0.4 is 14.8 Å². The number of hydrogen-bond acceptors (Lipinski definition) is 3. The molecule has 0 radical (unpaired) electrons. The van der Waals surface area contributed by atoms with E-state index in [2.05, 4.69) is 29.1 Å². The van der Waals surface area contributed by atoms with Gasteiger partial charge < -0.3 is 14.8 Å². The highest BCUT2D eigenvalue weighted by atomic mass is 19.3. The summed E-state index contributed by atoms with van der Waals surface area (Å²) in [4.78, 5) is 12.7. The number of halogens is 2. The van der Waals surface area contributed by atoms with Gasteiger partial charge in [-0.3, -0.25) is 4.79 Å². The average molecular weight is 377 g/mol. The lowest BCUT2D eigenvalue weighted by molar-refractivity contribution is -0.0512. The van der Waals surface area contributed by atoms with Crippen molar-refractivity contribution in [3.05, 3.63) is 59.2 Å². The Labute approximate surface area is 158 Å². The normalized spacial score (nSPS) is 12.1. The summed E-state index contributed by atoms with van der Waals surface area (Å²) < 4.78 is 34.3. The van der Waals surface area contributed by atoms with Gasteiger partial charge in [-0.25, -0.2) is 0 Å². The number of hydrogen-bond donors (Lipinski definition) is 1. The molecule has 1 unspecified atom stereocenters. The third-order valence-corrected chi connectivity index (χ3v) is 4.34. The van der Waals surface area contributed by atoms with Crippen LogP contribution >= 0.6 is 0 Å². The fraction of sp³-hybridized carbons (Fsp3) is 0.381. The molecule has 1 atom stereocenters. The van der Waals surface area contributed by atoms with Crippen LogP contribution in [0.25, 0.3) is 0 Å². The van der Waals surface area contributed by atoms with Crippen molar-refractivity contribution in [3.8, 4) is 11.5 Å². The van der Waals surface area contributed by atoms with E-state index in [0.717, 1.165) is 12.0 Å². The lowest BCUT2D eigenvalue weighted by Crippen LogP contribution is -2.31. The molecule has 1 N–H and O–H groups in total. The third-order valence-electron chi connectivity index (χ3n) is 4.34. The molecule has 0 fully saturated rings. The summed E-state index contributed by atoms with van der Waals surface area (Å²) in [5.41, 5.74) is 2.55. The van der Waals surface area contributed by atoms with Gasteiger partial charge in [0.2, 0.25) is 0 Å². The summed E-state index contributed by atoms with van der Waals surface area (Å²) in [6, 6.07) is 12.1. The Morgan fingerprint density at radius 1 is 1.07 bits per heavy atom. The first-order valence-electron chi connectivity index (χ1n) is 8.88. The topological polar surface area (TPSA) is 47.6 Å². The minimum absolute atomic E-state index is 0.0799. The number of benzene rings is 2. The number of alkyl halides is 2. The van der Waals surface area contributed by atoms with Crippen molar-refractivity contribution in [1.29, 1.82) is 0 Å². The maximum atomic E-state index is 12.7. The SMILES string of the molecule is CCc1ccc(C(NC(=O)c2ccc(OC(F)F)c(OC)c2)C(C)C)cc1. The second-order valence-corrected chi connectivity index (χ2v) is 6.53. The molecular formula is C21H25F2NO3. The number of ether oxygens (including phenoxy) is 2. The highest BCUT2D eigenvalue weighted by Gasteiger charge is 2.20. The van der Waals surface area contributed by atoms with E-state index < -0.39 is 6.61 Å². The Hall–Kier alpha value is -2.63. The molecule has 0 saturated carbocycles. The van der Waals surface area contributed by atoms with Crippen LogP contribution in [0.1, 0.15) is 48.3 Å². The molecule has 6 heteroatoms. The van der Waals surface area contributed by atoms with Crippen molar-refractivity contribution in [3.63, 3.8) is 0 Å². The highest BCUT2D eigenvalue weighted by molar-refractivity contribution is 5.95. The summed E-state index contributed by atoms with van der Waals surface area (Å²) in [6.07, 6.45) is 0.950. The van der Waals surface area contributed by atoms with Gasteiger partial charge in [-0.1, -0.05) is 45.0 Å². The van der Waals surface area contributed by atoms with Crippen LogP contribution in [0.5, 0.6) is 11.5 Å². The molecule has 146 valence electrons. The Balaban J connectivity index is 2.21. The minimum atomic E-state index is -2.96. The van der Waals surface area contributed by atoms with Gasteiger partial charge in [-0.05, 0) is 41.7 Å². The zero-order valence-electron chi connectivity index (χ0n) is 16.0. The molecule has 4 nitrogen and oxygen atoms in total. The van der Waals surface area contributed by atoms with Crippen LogP contribution in [0, 0.1) is 5.92 Å². The van der Waals surface area contributed by atoms with E-state index in [0.29, 0.717) is 5.56 Å². The quantitative estimate of drug-likeness (QED) is 0.705. The number of aryl methyl sites for hydroxylation is 1. The van der Waals surface area contributed by atoms with E-state index in [1.807, 2.05) is 26.0 Å². The van der Waals surface area contributed by atoms with Crippen LogP contribution in [0.4, 0.5) is 8.78 Å². The molecular weight excluding hydrogens is 352 g/mol. The predicted molar refractivity (Wildman–Crippen MR) is 100 cm³/mol. The Kier molecular flexibility index (Phi) is 7.16. The lowest BCUT2D eigenvalue weighted by atomic mass is 9.94. The Bertz CT molecular complexity index is 761. The second kappa shape index (κ2) is 9.35. The molecule has 0 heterocycles. The van der Waals surface area contributed by atoms with Gasteiger partial charge in [0.25, 0.3) is 5.91 Å². The van der Waals surface area contributed by atoms with Crippen molar-refractivity contribution in [1.82, 2.24) is 5.32 Å². The standard InChI is InChI=1S/C21H25F2NO3/c1-5-14-6-8-15(9-7-14)19(13(2)3)24-20(25)16-10-11-17(27-21(22)23)18(12-16)26-4/h6-13,19,21H,5H2,1-4H3,(H,24,25). The first kappa shape index (κ1) is 20.7. The maximum Gasteiger partial charge on any atom is 0.387 e. The van der Waals surface area contributed by atoms with E-state index in [9.17, 15) is 13.6 Å². The van der Waals surface area contributed by atoms with E-state index in [4.69, 9.17) is 4.74 Å². The van der Waals surface area contributed by atoms with Crippen LogP contribution in [0.15, 0.2) is 42.5 Å². The van der Waals surface area contributed by atoms with Crippen molar-refractivity contribution < 1.29 is 23.0 Å². The van der Waals surface area contributed by atoms with Crippen molar-refractivity contribution >= 4 is 5.91 Å². The second-order valence-electron chi connectivity index (χ2n) is 6.53. The zero-order valence-corrected chi connectivity index (χ0v) is 16.0. The highest BCUT2D eigenvalue weighted by Crippen LogP contribution is 2.30. The monoisotopic (exact) mass is 377 g/mol. The fourth-order valence-electron chi connectivity index (χ4n) is 2.82. The van der Waals surface area contributed by atoms with Crippen LogP contribution in [0.3, 0.4) is 0 Å². The molecule has 0 saturated heterocycles. The van der Waals surface area contributed by atoms with E-state index in [1.165, 1.54) is 30.9 Å². The molecule has 27 heavy (non-hydrogen) atoms. The number of amides is 1. The fourth-order valence-corrected chi connectivity index (χ4v) is 2.82. The molecule has 1 amide bonds. The molecule has 0 aromatic heterocycles. The van der Waals surface area contributed by atoms with Gasteiger partial charge in [0.1, 0.15) is 0 Å². The summed E-state index contributed by atoms with van der Waals surface area (Å²) in [6.45, 7) is 3.18. The van der Waals surface area contributed by atoms with Crippen molar-refractivity contribution in [2.45, 2.75) is 39.8 Å². The molecule has 0 aliphatic rings. The van der Waals surface area contributed by atoms with Crippen LogP contribution in [-0.4, -0.2) is 19.6 Å². The summed E-state index contributed by atoms with van der Waals surface area (Å²) in [7, 11) is 1.33. The first-order valence-corrected chi connectivity index (χ1v) is 8.88. The minimum Gasteiger partial charge on any atom is -0.493 e. The number of nitrogens with one attached hydrogen (secondary N) is 1. The number of rotatable bonds is 8. The van der Waals surface area contributed by atoms with Gasteiger partial charge in [0.15, 0.2) is 11.5 Å². The summed E-state index contributed by atoms with van der Waals surface area (Å²) >= 11 is 0. The summed E-state index contributed by atoms with van der Waals surface area (Å²) in [5, 5.41) is 3.01. The molecule has 0 bridgehead atoms. The van der Waals surface area contributed by atoms with Gasteiger partial charge in [0.05, 0.1) is 13.2 Å². The molecule has 0 aliphatic carbocycles. The third kappa shape index (κ3) is 5.42.